The van der Waals surface area contributed by atoms with E-state index in [1.807, 2.05) is 0 Å². The van der Waals surface area contributed by atoms with Crippen molar-refractivity contribution in [1.82, 2.24) is 20.7 Å². The third-order valence-electron chi connectivity index (χ3n) is 3.59. The van der Waals surface area contributed by atoms with Crippen LogP contribution in [0.15, 0.2) is 9.98 Å². The summed E-state index contributed by atoms with van der Waals surface area (Å²) in [6, 6.07) is 0. The van der Waals surface area contributed by atoms with Crippen molar-refractivity contribution in [2.45, 2.75) is 12.8 Å². The summed E-state index contributed by atoms with van der Waals surface area (Å²) in [5.74, 6) is 10.9. The van der Waals surface area contributed by atoms with Gasteiger partial charge in [-0.15, -0.1) is 0 Å². The zero-order valence-electron chi connectivity index (χ0n) is 13.2. The number of rotatable bonds is 8. The maximum absolute atomic E-state index is 5.46. The van der Waals surface area contributed by atoms with Gasteiger partial charge in [0.2, 0.25) is 11.9 Å². The zero-order chi connectivity index (χ0) is 16.2. The first-order valence-corrected chi connectivity index (χ1v) is 7.63. The van der Waals surface area contributed by atoms with Crippen molar-refractivity contribution in [3.05, 3.63) is 0 Å². The maximum atomic E-state index is 5.46. The van der Waals surface area contributed by atoms with E-state index in [1.165, 1.54) is 0 Å². The average Bonchev–Trinajstić information content (AvgIpc) is 2.56. The Bertz CT molecular complexity index is 314. The highest BCUT2D eigenvalue weighted by Gasteiger charge is 2.15. The van der Waals surface area contributed by atoms with E-state index in [9.17, 15) is 0 Å². The first kappa shape index (κ1) is 18.4. The number of nitrogens with zero attached hydrogens (tertiary/aromatic N) is 4. The van der Waals surface area contributed by atoms with Gasteiger partial charge in [-0.2, -0.15) is 0 Å². The highest BCUT2D eigenvalue weighted by molar-refractivity contribution is 5.77. The molecular weight excluding hydrogens is 284 g/mol. The SMILES string of the molecule is NNC(N)=NCCCN1CCN(CCCN=C(N)NN)CC1. The van der Waals surface area contributed by atoms with Crippen molar-refractivity contribution < 1.29 is 0 Å². The Hall–Kier alpha value is -1.62. The lowest BCUT2D eigenvalue weighted by Crippen LogP contribution is -2.47. The van der Waals surface area contributed by atoms with Gasteiger partial charge >= 0.3 is 0 Å². The van der Waals surface area contributed by atoms with Crippen LogP contribution < -0.4 is 34.0 Å². The minimum absolute atomic E-state index is 0.290. The van der Waals surface area contributed by atoms with Crippen LogP contribution in [0.4, 0.5) is 0 Å². The molecule has 1 aliphatic heterocycles. The second-order valence-electron chi connectivity index (χ2n) is 5.21. The fourth-order valence-corrected chi connectivity index (χ4v) is 2.32. The predicted octanol–water partition coefficient (Wildman–Crippen LogP) is -3.06. The third kappa shape index (κ3) is 7.98. The summed E-state index contributed by atoms with van der Waals surface area (Å²) >= 11 is 0. The van der Waals surface area contributed by atoms with Crippen molar-refractivity contribution in [2.75, 3.05) is 52.4 Å². The van der Waals surface area contributed by atoms with Gasteiger partial charge in [0, 0.05) is 52.4 Å². The number of hydrogen-bond donors (Lipinski definition) is 6. The zero-order valence-corrected chi connectivity index (χ0v) is 13.2. The number of piperazine rings is 1. The Labute approximate surface area is 131 Å². The molecule has 0 bridgehead atoms. The van der Waals surface area contributed by atoms with Crippen molar-refractivity contribution in [1.29, 1.82) is 0 Å². The molecule has 1 rings (SSSR count). The molecule has 10 nitrogen and oxygen atoms in total. The summed E-state index contributed by atoms with van der Waals surface area (Å²) in [4.78, 5) is 13.1. The summed E-state index contributed by atoms with van der Waals surface area (Å²) in [5, 5.41) is 0. The second-order valence-corrected chi connectivity index (χ2v) is 5.21. The van der Waals surface area contributed by atoms with Gasteiger partial charge in [0.25, 0.3) is 0 Å². The van der Waals surface area contributed by atoms with Crippen LogP contribution in [0, 0.1) is 0 Å². The standard InChI is InChI=1S/C12H30N10/c13-11(19-15)17-3-1-5-21-7-9-22(10-8-21)6-2-4-18-12(14)20-16/h1-10,15-16H2,(H3,13,17,19)(H3,14,18,20). The minimum Gasteiger partial charge on any atom is -0.369 e. The van der Waals surface area contributed by atoms with E-state index in [0.29, 0.717) is 13.1 Å². The first-order valence-electron chi connectivity index (χ1n) is 7.63. The maximum Gasteiger partial charge on any atom is 0.203 e. The van der Waals surface area contributed by atoms with Crippen LogP contribution in [0.5, 0.6) is 0 Å². The number of nitrogens with one attached hydrogen (secondary N) is 2. The van der Waals surface area contributed by atoms with Crippen molar-refractivity contribution >= 4 is 11.9 Å². The molecule has 0 unspecified atom stereocenters. The Balaban J connectivity index is 2.06. The highest BCUT2D eigenvalue weighted by atomic mass is 15.3. The van der Waals surface area contributed by atoms with Crippen molar-refractivity contribution in [3.63, 3.8) is 0 Å². The molecule has 1 heterocycles. The largest absolute Gasteiger partial charge is 0.369 e. The molecule has 0 aliphatic carbocycles. The van der Waals surface area contributed by atoms with Gasteiger partial charge in [-0.1, -0.05) is 0 Å². The summed E-state index contributed by atoms with van der Waals surface area (Å²) in [6.45, 7) is 7.83. The molecule has 0 saturated carbocycles. The quantitative estimate of drug-likeness (QED) is 0.0905. The normalized spacial score (nSPS) is 18.5. The number of nitrogens with two attached hydrogens (primary N) is 4. The van der Waals surface area contributed by atoms with Crippen molar-refractivity contribution in [2.24, 2.45) is 33.1 Å². The van der Waals surface area contributed by atoms with E-state index >= 15 is 0 Å². The smallest absolute Gasteiger partial charge is 0.203 e. The summed E-state index contributed by atoms with van der Waals surface area (Å²) in [7, 11) is 0. The average molecular weight is 314 g/mol. The lowest BCUT2D eigenvalue weighted by Gasteiger charge is -2.34. The van der Waals surface area contributed by atoms with E-state index in [0.717, 1.165) is 52.1 Å². The Kier molecular flexibility index (Phi) is 9.23. The fraction of sp³-hybridized carbons (Fsp3) is 0.833. The molecule has 22 heavy (non-hydrogen) atoms. The van der Waals surface area contributed by atoms with Crippen LogP contribution in [0.2, 0.25) is 0 Å². The molecule has 10 N–H and O–H groups in total. The van der Waals surface area contributed by atoms with Crippen LogP contribution >= 0.6 is 0 Å². The van der Waals surface area contributed by atoms with Crippen LogP contribution in [-0.2, 0) is 0 Å². The first-order chi connectivity index (χ1) is 10.7. The van der Waals surface area contributed by atoms with Gasteiger partial charge in [0.05, 0.1) is 0 Å². The lowest BCUT2D eigenvalue weighted by molar-refractivity contribution is 0.131. The Morgan fingerprint density at radius 1 is 0.773 bits per heavy atom. The molecule has 1 fully saturated rings. The lowest BCUT2D eigenvalue weighted by atomic mass is 10.2. The van der Waals surface area contributed by atoms with Gasteiger partial charge in [0.1, 0.15) is 0 Å². The molecule has 0 spiro atoms. The van der Waals surface area contributed by atoms with Gasteiger partial charge in [-0.05, 0) is 12.8 Å². The molecule has 0 radical (unpaired) electrons. The second kappa shape index (κ2) is 11.0. The van der Waals surface area contributed by atoms with E-state index in [-0.39, 0.29) is 11.9 Å². The van der Waals surface area contributed by atoms with Crippen LogP contribution in [0.25, 0.3) is 0 Å². The fourth-order valence-electron chi connectivity index (χ4n) is 2.32. The molecule has 10 heteroatoms. The molecule has 1 aliphatic rings. The number of hydrogen-bond acceptors (Lipinski definition) is 6. The van der Waals surface area contributed by atoms with Crippen LogP contribution in [0.1, 0.15) is 12.8 Å². The molecule has 0 amide bonds. The van der Waals surface area contributed by atoms with E-state index in [2.05, 4.69) is 30.6 Å². The number of aliphatic imine (C=N–C) groups is 2. The summed E-state index contributed by atoms with van der Waals surface area (Å²) in [5.41, 5.74) is 15.6. The predicted molar refractivity (Wildman–Crippen MR) is 89.7 cm³/mol. The van der Waals surface area contributed by atoms with Gasteiger partial charge in [-0.25, -0.2) is 11.7 Å². The third-order valence-corrected chi connectivity index (χ3v) is 3.59. The topological polar surface area (TPSA) is 159 Å². The van der Waals surface area contributed by atoms with Crippen LogP contribution in [0.3, 0.4) is 0 Å². The molecule has 0 aromatic heterocycles. The number of hydrazine groups is 2. The van der Waals surface area contributed by atoms with Crippen LogP contribution in [-0.4, -0.2) is 74.1 Å². The molecular formula is C12H30N10. The Morgan fingerprint density at radius 2 is 1.14 bits per heavy atom. The van der Waals surface area contributed by atoms with Gasteiger partial charge in [-0.3, -0.25) is 20.8 Å². The monoisotopic (exact) mass is 314 g/mol. The summed E-state index contributed by atoms with van der Waals surface area (Å²) in [6.07, 6.45) is 1.98. The molecule has 0 atom stereocenters. The molecule has 1 saturated heterocycles. The molecule has 128 valence electrons. The highest BCUT2D eigenvalue weighted by Crippen LogP contribution is 2.03. The van der Waals surface area contributed by atoms with Gasteiger partial charge < -0.3 is 21.3 Å². The van der Waals surface area contributed by atoms with Crippen molar-refractivity contribution in [3.8, 4) is 0 Å². The minimum atomic E-state index is 0.290. The molecule has 0 aromatic rings. The number of guanidine groups is 2. The van der Waals surface area contributed by atoms with Gasteiger partial charge in [0.15, 0.2) is 0 Å². The Morgan fingerprint density at radius 3 is 1.45 bits per heavy atom. The van der Waals surface area contributed by atoms with E-state index in [4.69, 9.17) is 23.2 Å². The van der Waals surface area contributed by atoms with E-state index in [1.54, 1.807) is 0 Å². The summed E-state index contributed by atoms with van der Waals surface area (Å²) < 4.78 is 0. The van der Waals surface area contributed by atoms with E-state index < -0.39 is 0 Å². The molecule has 0 aromatic carbocycles.